The molecule has 8 heteroatoms. The minimum absolute atomic E-state index is 0.0705. The van der Waals surface area contributed by atoms with Gasteiger partial charge in [-0.15, -0.1) is 0 Å². The third-order valence-corrected chi connectivity index (χ3v) is 7.65. The van der Waals surface area contributed by atoms with Crippen molar-refractivity contribution >= 4 is 22.6 Å². The second-order valence-electron chi connectivity index (χ2n) is 8.85. The van der Waals surface area contributed by atoms with Crippen molar-refractivity contribution in [3.05, 3.63) is 24.0 Å². The molecule has 1 aromatic rings. The zero-order valence-electron chi connectivity index (χ0n) is 16.7. The summed E-state index contributed by atoms with van der Waals surface area (Å²) >= 11 is 0. The van der Waals surface area contributed by atoms with Crippen LogP contribution in [0.4, 0.5) is 4.39 Å². The molecule has 0 spiro atoms. The van der Waals surface area contributed by atoms with E-state index in [1.165, 1.54) is 12.1 Å². The van der Waals surface area contributed by atoms with Gasteiger partial charge in [-0.05, 0) is 71.4 Å². The van der Waals surface area contributed by atoms with Crippen molar-refractivity contribution < 1.29 is 22.1 Å². The molecule has 1 saturated heterocycles. The lowest BCUT2D eigenvalue weighted by Crippen LogP contribution is -2.41. The van der Waals surface area contributed by atoms with Crippen molar-refractivity contribution in [3.8, 4) is 0 Å². The van der Waals surface area contributed by atoms with Crippen molar-refractivity contribution in [2.45, 2.75) is 82.4 Å². The lowest BCUT2D eigenvalue weighted by molar-refractivity contribution is 0.00578. The number of halogens is 1. The smallest absolute Gasteiger partial charge is 0.399 e. The molecule has 0 bridgehead atoms. The van der Waals surface area contributed by atoms with Gasteiger partial charge >= 0.3 is 7.12 Å². The van der Waals surface area contributed by atoms with Crippen LogP contribution in [0.2, 0.25) is 0 Å². The number of nitrogens with one attached hydrogen (secondary N) is 1. The van der Waals surface area contributed by atoms with Crippen LogP contribution in [0.5, 0.6) is 0 Å². The van der Waals surface area contributed by atoms with E-state index in [1.54, 1.807) is 0 Å². The molecule has 0 atom stereocenters. The molecule has 1 saturated carbocycles. The van der Waals surface area contributed by atoms with Crippen LogP contribution in [0.25, 0.3) is 0 Å². The average molecular weight is 397 g/mol. The van der Waals surface area contributed by atoms with Gasteiger partial charge in [-0.25, -0.2) is 17.5 Å². The summed E-state index contributed by atoms with van der Waals surface area (Å²) < 4.78 is 54.4. The first-order chi connectivity index (χ1) is 12.4. The first-order valence-corrected chi connectivity index (χ1v) is 11.1. The highest BCUT2D eigenvalue weighted by Crippen LogP contribution is 2.36. The first kappa shape index (κ1) is 20.8. The Morgan fingerprint density at radius 3 is 2.15 bits per heavy atom. The number of rotatable bonds is 4. The molecular formula is C19H29BFNO4S. The van der Waals surface area contributed by atoms with E-state index < -0.39 is 34.2 Å². The highest BCUT2D eigenvalue weighted by molar-refractivity contribution is 7.89. The Kier molecular flexibility index (Phi) is 5.49. The molecule has 0 unspecified atom stereocenters. The molecule has 2 aliphatic rings. The summed E-state index contributed by atoms with van der Waals surface area (Å²) in [6.07, 6.45) is 3.63. The van der Waals surface area contributed by atoms with E-state index in [4.69, 9.17) is 9.31 Å². The zero-order valence-corrected chi connectivity index (χ0v) is 17.5. The molecule has 1 aliphatic carbocycles. The SMILES string of the molecule is CC1CCC(NS(=O)(=O)c2ccc(B3OC(C)(C)C(C)(C)O3)c(F)c2)CC1. The molecule has 0 radical (unpaired) electrons. The molecule has 150 valence electrons. The number of hydrogen-bond donors (Lipinski definition) is 1. The predicted octanol–water partition coefficient (Wildman–Crippen LogP) is 2.98. The van der Waals surface area contributed by atoms with E-state index >= 15 is 0 Å². The van der Waals surface area contributed by atoms with Crippen molar-refractivity contribution in [3.63, 3.8) is 0 Å². The van der Waals surface area contributed by atoms with Gasteiger partial charge in [0.1, 0.15) is 5.82 Å². The minimum atomic E-state index is -3.76. The van der Waals surface area contributed by atoms with Crippen molar-refractivity contribution in [1.29, 1.82) is 0 Å². The quantitative estimate of drug-likeness (QED) is 0.794. The minimum Gasteiger partial charge on any atom is -0.399 e. The van der Waals surface area contributed by atoms with Gasteiger partial charge in [0.15, 0.2) is 0 Å². The third kappa shape index (κ3) is 4.23. The zero-order chi connectivity index (χ0) is 20.0. The molecule has 27 heavy (non-hydrogen) atoms. The summed E-state index contributed by atoms with van der Waals surface area (Å²) in [6, 6.07) is 3.82. The van der Waals surface area contributed by atoms with Crippen LogP contribution in [0, 0.1) is 11.7 Å². The van der Waals surface area contributed by atoms with Crippen LogP contribution in [-0.2, 0) is 19.3 Å². The maximum absolute atomic E-state index is 14.7. The van der Waals surface area contributed by atoms with Gasteiger partial charge in [0.25, 0.3) is 0 Å². The largest absolute Gasteiger partial charge is 0.497 e. The van der Waals surface area contributed by atoms with Crippen LogP contribution in [-0.4, -0.2) is 32.8 Å². The molecule has 5 nitrogen and oxygen atoms in total. The first-order valence-electron chi connectivity index (χ1n) is 9.59. The Hall–Kier alpha value is -0.955. The second kappa shape index (κ2) is 7.14. The van der Waals surface area contributed by atoms with Gasteiger partial charge in [-0.3, -0.25) is 0 Å². The monoisotopic (exact) mass is 397 g/mol. The van der Waals surface area contributed by atoms with E-state index in [1.807, 2.05) is 27.7 Å². The van der Waals surface area contributed by atoms with E-state index in [2.05, 4.69) is 11.6 Å². The highest BCUT2D eigenvalue weighted by Gasteiger charge is 2.52. The van der Waals surface area contributed by atoms with E-state index in [9.17, 15) is 12.8 Å². The Morgan fingerprint density at radius 1 is 1.07 bits per heavy atom. The summed E-state index contributed by atoms with van der Waals surface area (Å²) in [7, 11) is -4.62. The van der Waals surface area contributed by atoms with Gasteiger partial charge in [0.05, 0.1) is 16.1 Å². The summed E-state index contributed by atoms with van der Waals surface area (Å²) in [6.45, 7) is 9.73. The second-order valence-corrected chi connectivity index (χ2v) is 10.6. The van der Waals surface area contributed by atoms with Gasteiger partial charge in [0.2, 0.25) is 10.0 Å². The fraction of sp³-hybridized carbons (Fsp3) is 0.684. The molecule has 1 aliphatic heterocycles. The molecule has 0 amide bonds. The lowest BCUT2D eigenvalue weighted by atomic mass is 9.79. The molecule has 0 aromatic heterocycles. The molecule has 3 rings (SSSR count). The summed E-state index contributed by atoms with van der Waals surface area (Å²) in [5, 5.41) is 0. The normalized spacial score (nSPS) is 27.7. The number of benzene rings is 1. The van der Waals surface area contributed by atoms with Crippen molar-refractivity contribution in [2.24, 2.45) is 5.92 Å². The van der Waals surface area contributed by atoms with Gasteiger partial charge in [-0.2, -0.15) is 0 Å². The topological polar surface area (TPSA) is 64.6 Å². The van der Waals surface area contributed by atoms with Gasteiger partial charge in [0, 0.05) is 11.5 Å². The Morgan fingerprint density at radius 2 is 1.63 bits per heavy atom. The van der Waals surface area contributed by atoms with Crippen LogP contribution < -0.4 is 10.2 Å². The summed E-state index contributed by atoms with van der Waals surface area (Å²) in [4.78, 5) is -0.0705. The summed E-state index contributed by atoms with van der Waals surface area (Å²) in [5.74, 6) is -0.0176. The highest BCUT2D eigenvalue weighted by atomic mass is 32.2. The van der Waals surface area contributed by atoms with E-state index in [0.717, 1.165) is 31.7 Å². The predicted molar refractivity (Wildman–Crippen MR) is 104 cm³/mol. The van der Waals surface area contributed by atoms with Crippen LogP contribution in [0.1, 0.15) is 60.3 Å². The van der Waals surface area contributed by atoms with Crippen molar-refractivity contribution in [1.82, 2.24) is 4.72 Å². The van der Waals surface area contributed by atoms with Crippen LogP contribution in [0.3, 0.4) is 0 Å². The van der Waals surface area contributed by atoms with Gasteiger partial charge in [-0.1, -0.05) is 13.0 Å². The molecule has 1 aromatic carbocycles. The van der Waals surface area contributed by atoms with E-state index in [-0.39, 0.29) is 16.4 Å². The Balaban J connectivity index is 1.77. The van der Waals surface area contributed by atoms with Gasteiger partial charge < -0.3 is 9.31 Å². The summed E-state index contributed by atoms with van der Waals surface area (Å²) in [5.41, 5.74) is -0.970. The molecule has 1 N–H and O–H groups in total. The van der Waals surface area contributed by atoms with E-state index in [0.29, 0.717) is 5.92 Å². The lowest BCUT2D eigenvalue weighted by Gasteiger charge is -2.32. The fourth-order valence-electron chi connectivity index (χ4n) is 3.50. The van der Waals surface area contributed by atoms with Crippen LogP contribution >= 0.6 is 0 Å². The molecule has 2 fully saturated rings. The van der Waals surface area contributed by atoms with Crippen molar-refractivity contribution in [2.75, 3.05) is 0 Å². The average Bonchev–Trinajstić information content (AvgIpc) is 2.77. The maximum atomic E-state index is 14.7. The molecule has 1 heterocycles. The molecular weight excluding hydrogens is 368 g/mol. The number of hydrogen-bond acceptors (Lipinski definition) is 4. The standard InChI is InChI=1S/C19H29BFNO4S/c1-13-6-8-14(9-7-13)22-27(23,24)15-10-11-16(17(21)12-15)20-25-18(2,3)19(4,5)26-20/h10-14,22H,6-9H2,1-5H3. The third-order valence-electron chi connectivity index (χ3n) is 6.13. The van der Waals surface area contributed by atoms with Crippen LogP contribution in [0.15, 0.2) is 23.1 Å². The fourth-order valence-corrected chi connectivity index (χ4v) is 4.82. The Labute approximate surface area is 162 Å². The Bertz CT molecular complexity index is 788. The maximum Gasteiger partial charge on any atom is 0.497 e. The number of sulfonamides is 1.